The van der Waals surface area contributed by atoms with Gasteiger partial charge in [0.1, 0.15) is 17.3 Å². The van der Waals surface area contributed by atoms with Gasteiger partial charge in [0, 0.05) is 6.07 Å². The molecule has 0 saturated carbocycles. The molecule has 0 saturated heterocycles. The van der Waals surface area contributed by atoms with Crippen molar-refractivity contribution in [1.29, 1.82) is 0 Å². The Morgan fingerprint density at radius 1 is 1.27 bits per heavy atom. The van der Waals surface area contributed by atoms with Crippen LogP contribution in [0.3, 0.4) is 0 Å². The maximum Gasteiger partial charge on any atom is 0.796 e. The quantitative estimate of drug-likeness (QED) is 0.627. The van der Waals surface area contributed by atoms with Gasteiger partial charge in [-0.2, -0.15) is 0 Å². The molecule has 1 aromatic carbocycles. The zero-order chi connectivity index (χ0) is 15.9. The molecule has 0 radical (unpaired) electrons. The summed E-state index contributed by atoms with van der Waals surface area (Å²) in [6, 6.07) is 4.40. The van der Waals surface area contributed by atoms with Crippen molar-refractivity contribution < 1.29 is 23.1 Å². The van der Waals surface area contributed by atoms with Crippen molar-refractivity contribution in [2.45, 2.75) is 6.92 Å². The zero-order valence-electron chi connectivity index (χ0n) is 12.0. The summed E-state index contributed by atoms with van der Waals surface area (Å²) in [7, 11) is -2.98. The number of aliphatic hydroxyl groups is 1. The summed E-state index contributed by atoms with van der Waals surface area (Å²) < 4.78 is 34.7. The van der Waals surface area contributed by atoms with Crippen LogP contribution in [0.25, 0.3) is 5.76 Å². The van der Waals surface area contributed by atoms with Crippen LogP contribution in [-0.2, 0) is 0 Å². The number of halogens is 2. The molecular weight excluding hydrogens is 289 g/mol. The van der Waals surface area contributed by atoms with Crippen molar-refractivity contribution in [3.05, 3.63) is 65.8 Å². The van der Waals surface area contributed by atoms with Crippen LogP contribution in [0, 0.1) is 0 Å². The number of rotatable bonds is 6. The average Bonchev–Trinajstić information content (AvgIpc) is 2.98. The molecule has 114 valence electrons. The van der Waals surface area contributed by atoms with Crippen LogP contribution in [0.15, 0.2) is 60.2 Å². The van der Waals surface area contributed by atoms with Gasteiger partial charge in [0.2, 0.25) is 0 Å². The molecule has 0 atom stereocenters. The van der Waals surface area contributed by atoms with Crippen LogP contribution >= 0.6 is 0 Å². The lowest BCUT2D eigenvalue weighted by atomic mass is 10.1. The van der Waals surface area contributed by atoms with Crippen LogP contribution in [0.4, 0.5) is 8.63 Å². The Hall–Kier alpha value is -2.50. The number of allylic oxidation sites excluding steroid dienone is 7. The minimum atomic E-state index is -2.98. The second-order valence-electron chi connectivity index (χ2n) is 4.41. The number of aliphatic hydroxyl groups excluding tert-OH is 1. The summed E-state index contributed by atoms with van der Waals surface area (Å²) in [6.07, 6.45) is 10.6. The van der Waals surface area contributed by atoms with Gasteiger partial charge in [-0.25, -0.2) is 8.63 Å². The van der Waals surface area contributed by atoms with Crippen LogP contribution in [0.5, 0.6) is 11.5 Å². The number of ether oxygens (including phenoxy) is 1. The van der Waals surface area contributed by atoms with Crippen molar-refractivity contribution in [3.8, 4) is 11.5 Å². The predicted molar refractivity (Wildman–Crippen MR) is 83.2 cm³/mol. The Balaban J connectivity index is 2.31. The zero-order valence-corrected chi connectivity index (χ0v) is 12.0. The normalized spacial score (nSPS) is 13.4. The van der Waals surface area contributed by atoms with Gasteiger partial charge < -0.3 is 14.5 Å². The first-order valence-corrected chi connectivity index (χ1v) is 6.78. The SMILES string of the molecule is CCOc1ccc(C(O)=CC=C2C=CC=C2)c(OB(F)F)c1. The summed E-state index contributed by atoms with van der Waals surface area (Å²) in [4.78, 5) is 0. The molecule has 1 aromatic rings. The fraction of sp³-hybridized carbons (Fsp3) is 0.125. The molecular formula is C16H15BF2O3. The Labute approximate surface area is 128 Å². The smallest absolute Gasteiger partial charge is 0.507 e. The van der Waals surface area contributed by atoms with Gasteiger partial charge in [0.25, 0.3) is 0 Å². The highest BCUT2D eigenvalue weighted by Gasteiger charge is 2.21. The molecule has 1 aliphatic carbocycles. The summed E-state index contributed by atoms with van der Waals surface area (Å²) in [6.45, 7) is 2.19. The molecule has 0 spiro atoms. The van der Waals surface area contributed by atoms with E-state index in [9.17, 15) is 13.7 Å². The van der Waals surface area contributed by atoms with E-state index in [1.165, 1.54) is 18.2 Å². The van der Waals surface area contributed by atoms with E-state index in [-0.39, 0.29) is 17.1 Å². The maximum atomic E-state index is 12.5. The number of hydrogen-bond donors (Lipinski definition) is 1. The average molecular weight is 304 g/mol. The predicted octanol–water partition coefficient (Wildman–Crippen LogP) is 4.34. The third-order valence-electron chi connectivity index (χ3n) is 2.88. The van der Waals surface area contributed by atoms with Crippen LogP contribution < -0.4 is 9.39 Å². The third kappa shape index (κ3) is 4.25. The van der Waals surface area contributed by atoms with Crippen LogP contribution in [0.2, 0.25) is 0 Å². The first-order chi connectivity index (χ1) is 10.6. The Morgan fingerprint density at radius 2 is 2.00 bits per heavy atom. The Bertz CT molecular complexity index is 635. The molecule has 3 nitrogen and oxygen atoms in total. The van der Waals surface area contributed by atoms with Gasteiger partial charge in [0.05, 0.1) is 12.2 Å². The van der Waals surface area contributed by atoms with Crippen molar-refractivity contribution >= 4 is 13.2 Å². The minimum absolute atomic E-state index is 0.134. The molecule has 0 fully saturated rings. The van der Waals surface area contributed by atoms with Gasteiger partial charge in [-0.1, -0.05) is 30.4 Å². The summed E-state index contributed by atoms with van der Waals surface area (Å²) >= 11 is 0. The van der Waals surface area contributed by atoms with E-state index in [1.807, 2.05) is 24.3 Å². The lowest BCUT2D eigenvalue weighted by Crippen LogP contribution is -2.10. The lowest BCUT2D eigenvalue weighted by molar-refractivity contribution is 0.337. The second kappa shape index (κ2) is 7.50. The van der Waals surface area contributed by atoms with Crippen molar-refractivity contribution in [2.24, 2.45) is 0 Å². The molecule has 6 heteroatoms. The molecule has 2 rings (SSSR count). The summed E-state index contributed by atoms with van der Waals surface area (Å²) in [5.74, 6) is 0.0974. The fourth-order valence-electron chi connectivity index (χ4n) is 1.93. The number of benzene rings is 1. The van der Waals surface area contributed by atoms with Gasteiger partial charge in [0.15, 0.2) is 0 Å². The summed E-state index contributed by atoms with van der Waals surface area (Å²) in [5.41, 5.74) is 1.07. The summed E-state index contributed by atoms with van der Waals surface area (Å²) in [5, 5.41) is 10.1. The minimum Gasteiger partial charge on any atom is -0.507 e. The molecule has 0 heterocycles. The molecule has 1 N–H and O–H groups in total. The monoisotopic (exact) mass is 304 g/mol. The Kier molecular flexibility index (Phi) is 5.41. The van der Waals surface area contributed by atoms with Crippen molar-refractivity contribution in [3.63, 3.8) is 0 Å². The van der Waals surface area contributed by atoms with E-state index < -0.39 is 7.47 Å². The molecule has 0 amide bonds. The first-order valence-electron chi connectivity index (χ1n) is 6.78. The molecule has 0 aliphatic heterocycles. The van der Waals surface area contributed by atoms with Crippen molar-refractivity contribution in [2.75, 3.05) is 6.61 Å². The highest BCUT2D eigenvalue weighted by molar-refractivity contribution is 6.35. The standard InChI is InChI=1S/C16H15BF2O3/c1-2-21-13-8-9-14(16(11-13)22-17(18)19)15(20)10-7-12-5-3-4-6-12/h3-11,20H,2H2,1H3. The van der Waals surface area contributed by atoms with Gasteiger partial charge in [-0.05, 0) is 30.7 Å². The highest BCUT2D eigenvalue weighted by atomic mass is 19.2. The van der Waals surface area contributed by atoms with Gasteiger partial charge >= 0.3 is 7.47 Å². The van der Waals surface area contributed by atoms with E-state index in [0.717, 1.165) is 5.57 Å². The molecule has 0 bridgehead atoms. The van der Waals surface area contributed by atoms with E-state index in [4.69, 9.17) is 4.74 Å². The van der Waals surface area contributed by atoms with Crippen molar-refractivity contribution in [1.82, 2.24) is 0 Å². The number of hydrogen-bond acceptors (Lipinski definition) is 3. The Morgan fingerprint density at radius 3 is 2.64 bits per heavy atom. The van der Waals surface area contributed by atoms with E-state index in [1.54, 1.807) is 19.1 Å². The van der Waals surface area contributed by atoms with Crippen LogP contribution in [0.1, 0.15) is 12.5 Å². The fourth-order valence-corrected chi connectivity index (χ4v) is 1.93. The molecule has 1 aliphatic rings. The van der Waals surface area contributed by atoms with Gasteiger partial charge in [-0.3, -0.25) is 0 Å². The highest BCUT2D eigenvalue weighted by Crippen LogP contribution is 2.30. The maximum absolute atomic E-state index is 12.5. The third-order valence-corrected chi connectivity index (χ3v) is 2.88. The lowest BCUT2D eigenvalue weighted by Gasteiger charge is -2.11. The van der Waals surface area contributed by atoms with E-state index in [2.05, 4.69) is 4.65 Å². The largest absolute Gasteiger partial charge is 0.796 e. The molecule has 0 aromatic heterocycles. The second-order valence-corrected chi connectivity index (χ2v) is 4.41. The van der Waals surface area contributed by atoms with E-state index in [0.29, 0.717) is 12.4 Å². The van der Waals surface area contributed by atoms with Gasteiger partial charge in [-0.15, -0.1) is 0 Å². The van der Waals surface area contributed by atoms with Crippen LogP contribution in [-0.4, -0.2) is 19.2 Å². The molecule has 0 unspecified atom stereocenters. The van der Waals surface area contributed by atoms with E-state index >= 15 is 0 Å². The topological polar surface area (TPSA) is 38.7 Å². The first kappa shape index (κ1) is 15.9. The molecule has 22 heavy (non-hydrogen) atoms.